The summed E-state index contributed by atoms with van der Waals surface area (Å²) in [6, 6.07) is 7.36. The number of ketones is 1. The lowest BCUT2D eigenvalue weighted by atomic mass is 9.89. The van der Waals surface area contributed by atoms with E-state index in [9.17, 15) is 4.79 Å². The van der Waals surface area contributed by atoms with Gasteiger partial charge in [-0.1, -0.05) is 0 Å². The first-order chi connectivity index (χ1) is 11.6. The lowest BCUT2D eigenvalue weighted by Gasteiger charge is -2.34. The van der Waals surface area contributed by atoms with Gasteiger partial charge in [0.15, 0.2) is 5.78 Å². The number of rotatable bonds is 2. The van der Waals surface area contributed by atoms with Gasteiger partial charge in [0.05, 0.1) is 25.6 Å². The van der Waals surface area contributed by atoms with Gasteiger partial charge in [0, 0.05) is 24.7 Å². The second kappa shape index (κ2) is 5.47. The van der Waals surface area contributed by atoms with Crippen LogP contribution in [0, 0.1) is 6.92 Å². The Morgan fingerprint density at radius 1 is 1.29 bits per heavy atom. The second-order valence-electron chi connectivity index (χ2n) is 6.44. The van der Waals surface area contributed by atoms with Gasteiger partial charge in [-0.2, -0.15) is 0 Å². The zero-order valence-electron chi connectivity index (χ0n) is 13.8. The Balaban J connectivity index is 1.60. The highest BCUT2D eigenvalue weighted by atomic mass is 16.5. The van der Waals surface area contributed by atoms with Crippen molar-refractivity contribution in [3.63, 3.8) is 0 Å². The molecular weight excluding hydrogens is 306 g/mol. The van der Waals surface area contributed by atoms with E-state index in [0.717, 1.165) is 24.5 Å². The quantitative estimate of drug-likeness (QED) is 0.845. The molecule has 6 heteroatoms. The predicted molar refractivity (Wildman–Crippen MR) is 88.9 cm³/mol. The van der Waals surface area contributed by atoms with Crippen molar-refractivity contribution in [2.45, 2.75) is 25.4 Å². The molecule has 1 fully saturated rings. The maximum atomic E-state index is 12.6. The Morgan fingerprint density at radius 3 is 2.96 bits per heavy atom. The maximum Gasteiger partial charge on any atom is 0.170 e. The number of carbonyl (C=O) groups excluding carboxylic acids is 1. The normalized spacial score (nSPS) is 22.4. The Kier molecular flexibility index (Phi) is 3.40. The molecule has 0 N–H and O–H groups in total. The molecule has 1 unspecified atom stereocenters. The molecule has 0 bridgehead atoms. The van der Waals surface area contributed by atoms with Gasteiger partial charge in [0.25, 0.3) is 0 Å². The highest BCUT2D eigenvalue weighted by molar-refractivity contribution is 6.00. The lowest BCUT2D eigenvalue weighted by molar-refractivity contribution is 0.0537. The maximum absolute atomic E-state index is 12.6. The first-order valence-electron chi connectivity index (χ1n) is 8.02. The number of methoxy groups -OCH3 is 1. The summed E-state index contributed by atoms with van der Waals surface area (Å²) in [6.07, 6.45) is 2.76. The molecule has 1 saturated heterocycles. The largest absolute Gasteiger partial charge is 0.497 e. The fourth-order valence-electron chi connectivity index (χ4n) is 3.48. The van der Waals surface area contributed by atoms with Crippen LogP contribution in [0.4, 0.5) is 5.82 Å². The molecule has 2 aliphatic rings. The van der Waals surface area contributed by atoms with Crippen LogP contribution < -0.4 is 14.4 Å². The van der Waals surface area contributed by atoms with E-state index in [1.54, 1.807) is 19.5 Å². The van der Waals surface area contributed by atoms with Crippen LogP contribution in [0.2, 0.25) is 0 Å². The van der Waals surface area contributed by atoms with Gasteiger partial charge < -0.3 is 14.4 Å². The summed E-state index contributed by atoms with van der Waals surface area (Å²) < 4.78 is 11.5. The number of carbonyl (C=O) groups is 1. The van der Waals surface area contributed by atoms with E-state index < -0.39 is 5.60 Å². The monoisotopic (exact) mass is 325 g/mol. The van der Waals surface area contributed by atoms with E-state index in [1.807, 2.05) is 25.1 Å². The van der Waals surface area contributed by atoms with E-state index in [0.29, 0.717) is 30.0 Å². The summed E-state index contributed by atoms with van der Waals surface area (Å²) in [6.45, 7) is 3.41. The highest BCUT2D eigenvalue weighted by Gasteiger charge is 2.46. The van der Waals surface area contributed by atoms with Crippen LogP contribution in [-0.4, -0.2) is 41.6 Å². The number of aromatic nitrogens is 2. The molecule has 3 heterocycles. The molecule has 1 aromatic carbocycles. The fraction of sp³-hybridized carbons (Fsp3) is 0.389. The molecule has 2 aliphatic heterocycles. The minimum atomic E-state index is -0.475. The van der Waals surface area contributed by atoms with Crippen LogP contribution in [0.15, 0.2) is 30.6 Å². The SMILES string of the molecule is COc1ccc2c(c1)C(=O)CC1(CCN(c3cc(C)ncn3)C1)O2. The van der Waals surface area contributed by atoms with Crippen LogP contribution in [0.5, 0.6) is 11.5 Å². The number of hydrogen-bond acceptors (Lipinski definition) is 6. The molecular formula is C18H19N3O3. The fourth-order valence-corrected chi connectivity index (χ4v) is 3.48. The van der Waals surface area contributed by atoms with Crippen LogP contribution >= 0.6 is 0 Å². The second-order valence-corrected chi connectivity index (χ2v) is 6.44. The smallest absolute Gasteiger partial charge is 0.170 e. The average Bonchev–Trinajstić information content (AvgIpc) is 2.98. The summed E-state index contributed by atoms with van der Waals surface area (Å²) >= 11 is 0. The van der Waals surface area contributed by atoms with Crippen LogP contribution in [0.1, 0.15) is 28.9 Å². The lowest BCUT2D eigenvalue weighted by Crippen LogP contribution is -2.44. The molecule has 124 valence electrons. The first-order valence-corrected chi connectivity index (χ1v) is 8.02. The molecule has 6 nitrogen and oxygen atoms in total. The summed E-state index contributed by atoms with van der Waals surface area (Å²) in [5.74, 6) is 2.31. The third-order valence-electron chi connectivity index (χ3n) is 4.73. The topological polar surface area (TPSA) is 64.5 Å². The Labute approximate surface area is 140 Å². The summed E-state index contributed by atoms with van der Waals surface area (Å²) in [5, 5.41) is 0. The number of benzene rings is 1. The summed E-state index contributed by atoms with van der Waals surface area (Å²) in [4.78, 5) is 23.3. The Morgan fingerprint density at radius 2 is 2.17 bits per heavy atom. The van der Waals surface area contributed by atoms with E-state index in [2.05, 4.69) is 14.9 Å². The predicted octanol–water partition coefficient (Wildman–Crippen LogP) is 2.41. The van der Waals surface area contributed by atoms with Gasteiger partial charge in [-0.25, -0.2) is 9.97 Å². The Hall–Kier alpha value is -2.63. The van der Waals surface area contributed by atoms with E-state index in [-0.39, 0.29) is 5.78 Å². The standard InChI is InChI=1S/C18H19N3O3/c1-12-7-17(20-11-19-12)21-6-5-18(10-21)9-15(22)14-8-13(23-2)3-4-16(14)24-18/h3-4,7-8,11H,5-6,9-10H2,1-2H3. The van der Waals surface area contributed by atoms with Gasteiger partial charge in [-0.05, 0) is 25.1 Å². The van der Waals surface area contributed by atoms with Gasteiger partial charge in [-0.15, -0.1) is 0 Å². The molecule has 0 aliphatic carbocycles. The summed E-state index contributed by atoms with van der Waals surface area (Å²) in [7, 11) is 1.59. The molecule has 0 saturated carbocycles. The molecule has 2 aromatic rings. The number of aryl methyl sites for hydroxylation is 1. The third kappa shape index (κ3) is 2.48. The van der Waals surface area contributed by atoms with Crippen LogP contribution in [-0.2, 0) is 0 Å². The van der Waals surface area contributed by atoms with Crippen molar-refractivity contribution in [1.29, 1.82) is 0 Å². The molecule has 0 amide bonds. The van der Waals surface area contributed by atoms with Gasteiger partial charge >= 0.3 is 0 Å². The number of ether oxygens (including phenoxy) is 2. The van der Waals surface area contributed by atoms with Crippen molar-refractivity contribution in [2.75, 3.05) is 25.1 Å². The van der Waals surface area contributed by atoms with Crippen LogP contribution in [0.3, 0.4) is 0 Å². The zero-order valence-corrected chi connectivity index (χ0v) is 13.8. The minimum Gasteiger partial charge on any atom is -0.497 e. The minimum absolute atomic E-state index is 0.107. The van der Waals surface area contributed by atoms with Crippen LogP contribution in [0.25, 0.3) is 0 Å². The number of Topliss-reactive ketones (excluding diaryl/α,β-unsaturated/α-hetero) is 1. The molecule has 24 heavy (non-hydrogen) atoms. The number of anilines is 1. The molecule has 0 radical (unpaired) electrons. The van der Waals surface area contributed by atoms with E-state index >= 15 is 0 Å². The van der Waals surface area contributed by atoms with E-state index in [1.165, 1.54) is 0 Å². The highest BCUT2D eigenvalue weighted by Crippen LogP contribution is 2.40. The van der Waals surface area contributed by atoms with Gasteiger partial charge in [0.2, 0.25) is 0 Å². The molecule has 1 atom stereocenters. The molecule has 1 aromatic heterocycles. The van der Waals surface area contributed by atoms with Crippen molar-refractivity contribution in [3.05, 3.63) is 41.9 Å². The average molecular weight is 325 g/mol. The van der Waals surface area contributed by atoms with Gasteiger partial charge in [0.1, 0.15) is 29.2 Å². The number of hydrogen-bond donors (Lipinski definition) is 0. The van der Waals surface area contributed by atoms with Crippen molar-refractivity contribution in [1.82, 2.24) is 9.97 Å². The number of fused-ring (bicyclic) bond motifs is 1. The van der Waals surface area contributed by atoms with Crippen molar-refractivity contribution in [3.8, 4) is 11.5 Å². The van der Waals surface area contributed by atoms with Crippen molar-refractivity contribution >= 4 is 11.6 Å². The first kappa shape index (κ1) is 14.9. The molecule has 1 spiro atoms. The van der Waals surface area contributed by atoms with Crippen molar-refractivity contribution in [2.24, 2.45) is 0 Å². The Bertz CT molecular complexity index is 808. The van der Waals surface area contributed by atoms with Crippen molar-refractivity contribution < 1.29 is 14.3 Å². The zero-order chi connectivity index (χ0) is 16.7. The van der Waals surface area contributed by atoms with E-state index in [4.69, 9.17) is 9.47 Å². The molecule has 4 rings (SSSR count). The number of nitrogens with zero attached hydrogens (tertiary/aromatic N) is 3. The third-order valence-corrected chi connectivity index (χ3v) is 4.73. The van der Waals surface area contributed by atoms with Gasteiger partial charge in [-0.3, -0.25) is 4.79 Å². The summed E-state index contributed by atoms with van der Waals surface area (Å²) in [5.41, 5.74) is 1.06.